The highest BCUT2D eigenvalue weighted by atomic mass is 16.5. The SMILES string of the molecule is O=C(OC[C@@H]1C[C@H](O)[C@@H]1COC(=O)c1ccccc1)c1ccccc1. The van der Waals surface area contributed by atoms with E-state index in [1.54, 1.807) is 48.5 Å². The minimum absolute atomic E-state index is 0.00812. The zero-order chi connectivity index (χ0) is 17.6. The van der Waals surface area contributed by atoms with Crippen LogP contribution in [-0.2, 0) is 9.47 Å². The standard InChI is InChI=1S/C20H20O5/c21-18-11-16(12-24-19(22)14-7-3-1-4-8-14)17(18)13-25-20(23)15-9-5-2-6-10-15/h1-10,16-18,21H,11-13H2/t16-,17+,18-/m0/s1. The van der Waals surface area contributed by atoms with Crippen LogP contribution in [0.15, 0.2) is 60.7 Å². The Morgan fingerprint density at radius 3 is 1.80 bits per heavy atom. The van der Waals surface area contributed by atoms with Crippen molar-refractivity contribution < 1.29 is 24.2 Å². The van der Waals surface area contributed by atoms with Gasteiger partial charge >= 0.3 is 11.9 Å². The minimum Gasteiger partial charge on any atom is -0.462 e. The number of carbonyl (C=O) groups excluding carboxylic acids is 2. The highest BCUT2D eigenvalue weighted by Gasteiger charge is 2.41. The molecule has 1 aliphatic carbocycles. The summed E-state index contributed by atoms with van der Waals surface area (Å²) in [4.78, 5) is 23.9. The lowest BCUT2D eigenvalue weighted by atomic mass is 9.72. The molecule has 0 radical (unpaired) electrons. The van der Waals surface area contributed by atoms with Crippen LogP contribution < -0.4 is 0 Å². The Hall–Kier alpha value is -2.66. The zero-order valence-electron chi connectivity index (χ0n) is 13.7. The van der Waals surface area contributed by atoms with Crippen LogP contribution in [0.2, 0.25) is 0 Å². The molecule has 0 bridgehead atoms. The second kappa shape index (κ2) is 7.94. The number of ether oxygens (including phenoxy) is 2. The van der Waals surface area contributed by atoms with Crippen molar-refractivity contribution in [3.63, 3.8) is 0 Å². The lowest BCUT2D eigenvalue weighted by molar-refractivity contribution is -0.0852. The molecule has 0 amide bonds. The van der Waals surface area contributed by atoms with Gasteiger partial charge in [-0.3, -0.25) is 0 Å². The normalized spacial score (nSPS) is 21.9. The van der Waals surface area contributed by atoms with Crippen LogP contribution in [0.3, 0.4) is 0 Å². The third kappa shape index (κ3) is 4.25. The van der Waals surface area contributed by atoms with Gasteiger partial charge in [-0.25, -0.2) is 9.59 Å². The number of hydrogen-bond donors (Lipinski definition) is 1. The molecule has 1 fully saturated rings. The molecular formula is C20H20O5. The summed E-state index contributed by atoms with van der Waals surface area (Å²) >= 11 is 0. The number of aliphatic hydroxyl groups is 1. The van der Waals surface area contributed by atoms with Gasteiger partial charge in [-0.05, 0) is 30.7 Å². The average Bonchev–Trinajstić information content (AvgIpc) is 2.66. The quantitative estimate of drug-likeness (QED) is 0.819. The van der Waals surface area contributed by atoms with Crippen molar-refractivity contribution in [3.8, 4) is 0 Å². The molecule has 1 saturated carbocycles. The van der Waals surface area contributed by atoms with Crippen molar-refractivity contribution in [2.45, 2.75) is 12.5 Å². The summed E-state index contributed by atoms with van der Waals surface area (Å²) in [6.45, 7) is 0.320. The fourth-order valence-corrected chi connectivity index (χ4v) is 2.89. The zero-order valence-corrected chi connectivity index (χ0v) is 13.7. The van der Waals surface area contributed by atoms with Gasteiger partial charge in [-0.15, -0.1) is 0 Å². The van der Waals surface area contributed by atoms with Gasteiger partial charge in [0.2, 0.25) is 0 Å². The van der Waals surface area contributed by atoms with Crippen molar-refractivity contribution in [2.24, 2.45) is 11.8 Å². The van der Waals surface area contributed by atoms with Crippen LogP contribution in [0.1, 0.15) is 27.1 Å². The van der Waals surface area contributed by atoms with Crippen LogP contribution >= 0.6 is 0 Å². The van der Waals surface area contributed by atoms with Crippen molar-refractivity contribution in [2.75, 3.05) is 13.2 Å². The fraction of sp³-hybridized carbons (Fsp3) is 0.300. The van der Waals surface area contributed by atoms with E-state index >= 15 is 0 Å². The van der Waals surface area contributed by atoms with E-state index in [0.29, 0.717) is 17.5 Å². The summed E-state index contributed by atoms with van der Waals surface area (Å²) in [6, 6.07) is 17.5. The topological polar surface area (TPSA) is 72.8 Å². The molecule has 2 aromatic rings. The molecule has 25 heavy (non-hydrogen) atoms. The number of esters is 2. The molecule has 0 unspecified atom stereocenters. The average molecular weight is 340 g/mol. The maximum Gasteiger partial charge on any atom is 0.338 e. The van der Waals surface area contributed by atoms with E-state index in [9.17, 15) is 14.7 Å². The van der Waals surface area contributed by atoms with Crippen molar-refractivity contribution in [1.82, 2.24) is 0 Å². The fourth-order valence-electron chi connectivity index (χ4n) is 2.89. The van der Waals surface area contributed by atoms with Gasteiger partial charge in [0, 0.05) is 11.8 Å². The van der Waals surface area contributed by atoms with E-state index in [1.165, 1.54) is 0 Å². The van der Waals surface area contributed by atoms with Crippen molar-refractivity contribution in [3.05, 3.63) is 71.8 Å². The van der Waals surface area contributed by atoms with E-state index < -0.39 is 12.1 Å². The molecular weight excluding hydrogens is 320 g/mol. The van der Waals surface area contributed by atoms with Gasteiger partial charge in [0.1, 0.15) is 0 Å². The highest BCUT2D eigenvalue weighted by molar-refractivity contribution is 5.89. The maximum absolute atomic E-state index is 12.0. The summed E-state index contributed by atoms with van der Waals surface area (Å²) in [5.41, 5.74) is 0.970. The third-order valence-corrected chi connectivity index (χ3v) is 4.50. The van der Waals surface area contributed by atoms with E-state index in [2.05, 4.69) is 0 Å². The van der Waals surface area contributed by atoms with Crippen molar-refractivity contribution in [1.29, 1.82) is 0 Å². The first-order valence-electron chi connectivity index (χ1n) is 8.27. The van der Waals surface area contributed by atoms with Crippen LogP contribution in [0.5, 0.6) is 0 Å². The molecule has 0 heterocycles. The Morgan fingerprint density at radius 1 is 0.840 bits per heavy atom. The number of carbonyl (C=O) groups is 2. The third-order valence-electron chi connectivity index (χ3n) is 4.50. The first-order chi connectivity index (χ1) is 12.1. The minimum atomic E-state index is -0.538. The van der Waals surface area contributed by atoms with E-state index in [0.717, 1.165) is 0 Å². The molecule has 5 heteroatoms. The summed E-state index contributed by atoms with van der Waals surface area (Å²) in [6.07, 6.45) is -0.000637. The summed E-state index contributed by atoms with van der Waals surface area (Å²) in [5, 5.41) is 9.91. The van der Waals surface area contributed by atoms with E-state index in [4.69, 9.17) is 9.47 Å². The number of rotatable bonds is 6. The summed E-state index contributed by atoms with van der Waals surface area (Å²) in [7, 11) is 0. The van der Waals surface area contributed by atoms with Crippen molar-refractivity contribution >= 4 is 11.9 Å². The number of hydrogen-bond acceptors (Lipinski definition) is 5. The predicted molar refractivity (Wildman–Crippen MR) is 91.1 cm³/mol. The first kappa shape index (κ1) is 17.2. The Balaban J connectivity index is 1.47. The second-order valence-electron chi connectivity index (χ2n) is 6.16. The van der Waals surface area contributed by atoms with E-state index in [1.807, 2.05) is 12.1 Å². The Morgan fingerprint density at radius 2 is 1.32 bits per heavy atom. The lowest BCUT2D eigenvalue weighted by Gasteiger charge is -2.40. The molecule has 2 aromatic carbocycles. The van der Waals surface area contributed by atoms with Gasteiger partial charge in [-0.2, -0.15) is 0 Å². The molecule has 3 rings (SSSR count). The predicted octanol–water partition coefficient (Wildman–Crippen LogP) is 2.70. The molecule has 5 nitrogen and oxygen atoms in total. The number of benzene rings is 2. The first-order valence-corrected chi connectivity index (χ1v) is 8.27. The Labute approximate surface area is 146 Å². The molecule has 1 N–H and O–H groups in total. The molecule has 3 atom stereocenters. The summed E-state index contributed by atoms with van der Waals surface area (Å²) in [5.74, 6) is -1.02. The van der Waals surface area contributed by atoms with E-state index in [-0.39, 0.29) is 31.0 Å². The highest BCUT2D eigenvalue weighted by Crippen LogP contribution is 2.35. The van der Waals surface area contributed by atoms with Crippen LogP contribution in [0.4, 0.5) is 0 Å². The van der Waals surface area contributed by atoms with Crippen LogP contribution in [0.25, 0.3) is 0 Å². The molecule has 130 valence electrons. The maximum atomic E-state index is 12.0. The van der Waals surface area contributed by atoms with Gasteiger partial charge in [0.25, 0.3) is 0 Å². The smallest absolute Gasteiger partial charge is 0.338 e. The van der Waals surface area contributed by atoms with Crippen LogP contribution in [-0.4, -0.2) is 36.4 Å². The van der Waals surface area contributed by atoms with Crippen LogP contribution in [0, 0.1) is 11.8 Å². The lowest BCUT2D eigenvalue weighted by Crippen LogP contribution is -2.46. The van der Waals surface area contributed by atoms with Gasteiger partial charge < -0.3 is 14.6 Å². The Bertz CT molecular complexity index is 713. The molecule has 0 saturated heterocycles. The van der Waals surface area contributed by atoms with Gasteiger partial charge in [-0.1, -0.05) is 36.4 Å². The van der Waals surface area contributed by atoms with Gasteiger partial charge in [0.15, 0.2) is 0 Å². The molecule has 0 spiro atoms. The van der Waals surface area contributed by atoms with Gasteiger partial charge in [0.05, 0.1) is 30.4 Å². The molecule has 0 aromatic heterocycles. The Kier molecular flexibility index (Phi) is 5.46. The molecule has 1 aliphatic rings. The second-order valence-corrected chi connectivity index (χ2v) is 6.16. The monoisotopic (exact) mass is 340 g/mol. The molecule has 0 aliphatic heterocycles. The summed E-state index contributed by atoms with van der Waals surface area (Å²) < 4.78 is 10.6. The number of aliphatic hydroxyl groups excluding tert-OH is 1. The largest absolute Gasteiger partial charge is 0.462 e.